The number of pyridine rings is 3. The van der Waals surface area contributed by atoms with Crippen LogP contribution in [0.2, 0.25) is 0 Å². The van der Waals surface area contributed by atoms with E-state index in [4.69, 9.17) is 0 Å². The molecule has 0 aliphatic rings. The standard InChI is InChI=1S/C43H27N3.C4H8/c1-4-21-44-39(10-1)33-25-32(26-34(27-33)40-11-2-5-22-45-40)30-8-7-9-31(24-30)35-17-13-28-16-20-38-36(41-12-3-6-23-46-41)18-14-29-15-19-37(35)42(28)43(29)38;1-3-4-2/h1-27H;3-4H,1-2H3/b;4-3-. The zero-order valence-electron chi connectivity index (χ0n) is 28.1. The maximum Gasteiger partial charge on any atom is 0.0708 e. The van der Waals surface area contributed by atoms with Crippen molar-refractivity contribution >= 4 is 32.3 Å². The third-order valence-electron chi connectivity index (χ3n) is 9.30. The van der Waals surface area contributed by atoms with Crippen LogP contribution >= 0.6 is 0 Å². The second-order valence-corrected chi connectivity index (χ2v) is 12.3. The Balaban J connectivity index is 0.000000859. The van der Waals surface area contributed by atoms with Gasteiger partial charge in [0.05, 0.1) is 17.1 Å². The predicted molar refractivity (Wildman–Crippen MR) is 211 cm³/mol. The molecule has 0 N–H and O–H groups in total. The summed E-state index contributed by atoms with van der Waals surface area (Å²) in [5, 5.41) is 7.56. The fourth-order valence-corrected chi connectivity index (χ4v) is 6.82. The molecule has 0 spiro atoms. The molecule has 50 heavy (non-hydrogen) atoms. The quantitative estimate of drug-likeness (QED) is 0.139. The van der Waals surface area contributed by atoms with E-state index in [1.54, 1.807) is 0 Å². The third-order valence-corrected chi connectivity index (χ3v) is 9.30. The first-order chi connectivity index (χ1) is 24.7. The van der Waals surface area contributed by atoms with Gasteiger partial charge in [0.15, 0.2) is 0 Å². The highest BCUT2D eigenvalue weighted by atomic mass is 14.7. The molecule has 3 nitrogen and oxygen atoms in total. The maximum atomic E-state index is 4.68. The molecule has 0 fully saturated rings. The Morgan fingerprint density at radius 2 is 0.820 bits per heavy atom. The van der Waals surface area contributed by atoms with Crippen LogP contribution in [0.5, 0.6) is 0 Å². The van der Waals surface area contributed by atoms with Crippen LogP contribution in [-0.4, -0.2) is 15.0 Å². The molecule has 9 aromatic rings. The highest BCUT2D eigenvalue weighted by Crippen LogP contribution is 2.42. The lowest BCUT2D eigenvalue weighted by Crippen LogP contribution is -1.91. The van der Waals surface area contributed by atoms with Crippen LogP contribution in [0.15, 0.2) is 176 Å². The Morgan fingerprint density at radius 3 is 1.36 bits per heavy atom. The van der Waals surface area contributed by atoms with Crippen molar-refractivity contribution in [2.45, 2.75) is 13.8 Å². The van der Waals surface area contributed by atoms with Gasteiger partial charge in [0, 0.05) is 35.3 Å². The number of hydrogen-bond acceptors (Lipinski definition) is 3. The molecule has 3 heteroatoms. The summed E-state index contributed by atoms with van der Waals surface area (Å²) in [4.78, 5) is 14.0. The van der Waals surface area contributed by atoms with Gasteiger partial charge in [0.25, 0.3) is 0 Å². The number of allylic oxidation sites excluding steroid dienone is 2. The topological polar surface area (TPSA) is 38.7 Å². The van der Waals surface area contributed by atoms with E-state index in [0.717, 1.165) is 44.9 Å². The van der Waals surface area contributed by atoms with Crippen LogP contribution in [0.25, 0.3) is 88.3 Å². The fraction of sp³-hybridized carbons (Fsp3) is 0.0426. The first-order valence-corrected chi connectivity index (χ1v) is 17.0. The summed E-state index contributed by atoms with van der Waals surface area (Å²) >= 11 is 0. The largest absolute Gasteiger partial charge is 0.256 e. The van der Waals surface area contributed by atoms with Crippen LogP contribution in [0.4, 0.5) is 0 Å². The number of rotatable bonds is 5. The first-order valence-electron chi connectivity index (χ1n) is 17.0. The average molecular weight is 642 g/mol. The zero-order chi connectivity index (χ0) is 33.9. The van der Waals surface area contributed by atoms with E-state index in [1.165, 1.54) is 43.4 Å². The highest BCUT2D eigenvalue weighted by molar-refractivity contribution is 6.27. The van der Waals surface area contributed by atoms with Gasteiger partial charge in [-0.15, -0.1) is 0 Å². The Morgan fingerprint density at radius 1 is 0.360 bits per heavy atom. The molecule has 6 aromatic carbocycles. The SMILES string of the molecule is C/C=C\C.c1ccc(-c2cc(-c3cccc(-c4ccc5ccc6c(-c7ccccn7)ccc7ccc4c5c76)c3)cc(-c3ccccn3)c2)nc1. The molecule has 0 bridgehead atoms. The molecule has 0 unspecified atom stereocenters. The lowest BCUT2D eigenvalue weighted by atomic mass is 9.87. The van der Waals surface area contributed by atoms with E-state index in [1.807, 2.05) is 74.9 Å². The Hall–Kier alpha value is -6.45. The highest BCUT2D eigenvalue weighted by Gasteiger charge is 2.16. The van der Waals surface area contributed by atoms with Gasteiger partial charge in [-0.2, -0.15) is 0 Å². The van der Waals surface area contributed by atoms with E-state index in [-0.39, 0.29) is 0 Å². The normalized spacial score (nSPS) is 11.3. The van der Waals surface area contributed by atoms with Crippen LogP contribution in [0.1, 0.15) is 13.8 Å². The summed E-state index contributed by atoms with van der Waals surface area (Å²) < 4.78 is 0. The van der Waals surface area contributed by atoms with Crippen molar-refractivity contribution < 1.29 is 0 Å². The smallest absolute Gasteiger partial charge is 0.0708 e. The number of hydrogen-bond donors (Lipinski definition) is 0. The number of aromatic nitrogens is 3. The summed E-state index contributed by atoms with van der Waals surface area (Å²) in [6, 6.07) is 51.7. The monoisotopic (exact) mass is 641 g/mol. The van der Waals surface area contributed by atoms with Crippen molar-refractivity contribution in [2.24, 2.45) is 0 Å². The van der Waals surface area contributed by atoms with Gasteiger partial charge in [-0.25, -0.2) is 0 Å². The second-order valence-electron chi connectivity index (χ2n) is 12.3. The average Bonchev–Trinajstić information content (AvgIpc) is 3.20. The van der Waals surface area contributed by atoms with Gasteiger partial charge < -0.3 is 0 Å². The van der Waals surface area contributed by atoms with E-state index in [0.29, 0.717) is 0 Å². The summed E-state index contributed by atoms with van der Waals surface area (Å²) in [5.41, 5.74) is 10.8. The van der Waals surface area contributed by atoms with Crippen molar-refractivity contribution in [2.75, 3.05) is 0 Å². The lowest BCUT2D eigenvalue weighted by Gasteiger charge is -2.17. The van der Waals surface area contributed by atoms with E-state index >= 15 is 0 Å². The lowest BCUT2D eigenvalue weighted by molar-refractivity contribution is 1.31. The molecular weight excluding hydrogens is 607 g/mol. The predicted octanol–water partition coefficient (Wildman–Crippen LogP) is 12.7. The third kappa shape index (κ3) is 5.80. The van der Waals surface area contributed by atoms with Gasteiger partial charge in [0.2, 0.25) is 0 Å². The Kier molecular flexibility index (Phi) is 8.38. The van der Waals surface area contributed by atoms with Gasteiger partial charge in [-0.05, 0) is 129 Å². The van der Waals surface area contributed by atoms with E-state index in [9.17, 15) is 0 Å². The van der Waals surface area contributed by atoms with Crippen LogP contribution < -0.4 is 0 Å². The number of benzene rings is 6. The van der Waals surface area contributed by atoms with Crippen molar-refractivity contribution in [1.29, 1.82) is 0 Å². The minimum atomic E-state index is 0.939. The van der Waals surface area contributed by atoms with Gasteiger partial charge >= 0.3 is 0 Å². The van der Waals surface area contributed by atoms with Crippen LogP contribution in [0, 0.1) is 0 Å². The summed E-state index contributed by atoms with van der Waals surface area (Å²) in [5.74, 6) is 0. The molecule has 0 atom stereocenters. The van der Waals surface area contributed by atoms with Gasteiger partial charge in [0.1, 0.15) is 0 Å². The van der Waals surface area contributed by atoms with E-state index < -0.39 is 0 Å². The molecule has 0 saturated carbocycles. The van der Waals surface area contributed by atoms with E-state index in [2.05, 4.69) is 130 Å². The summed E-state index contributed by atoms with van der Waals surface area (Å²) in [6.07, 6.45) is 9.55. The van der Waals surface area contributed by atoms with Gasteiger partial charge in [-0.1, -0.05) is 97.1 Å². The van der Waals surface area contributed by atoms with Crippen molar-refractivity contribution in [3.8, 4) is 56.0 Å². The molecule has 9 rings (SSSR count). The Bertz CT molecular complexity index is 2530. The van der Waals surface area contributed by atoms with Crippen LogP contribution in [-0.2, 0) is 0 Å². The molecule has 3 aromatic heterocycles. The molecule has 0 amide bonds. The molecule has 0 saturated heterocycles. The molecule has 238 valence electrons. The molecule has 0 aliphatic heterocycles. The maximum absolute atomic E-state index is 4.68. The molecule has 3 heterocycles. The molecule has 0 radical (unpaired) electrons. The first kappa shape index (κ1) is 30.9. The summed E-state index contributed by atoms with van der Waals surface area (Å²) in [7, 11) is 0. The minimum absolute atomic E-state index is 0.939. The Labute approximate surface area is 292 Å². The number of nitrogens with zero attached hydrogens (tertiary/aromatic N) is 3. The minimum Gasteiger partial charge on any atom is -0.256 e. The van der Waals surface area contributed by atoms with Crippen molar-refractivity contribution in [3.63, 3.8) is 0 Å². The molecule has 0 aliphatic carbocycles. The summed E-state index contributed by atoms with van der Waals surface area (Å²) in [6.45, 7) is 4.00. The second kappa shape index (κ2) is 13.6. The van der Waals surface area contributed by atoms with Gasteiger partial charge in [-0.3, -0.25) is 15.0 Å². The van der Waals surface area contributed by atoms with Crippen LogP contribution in [0.3, 0.4) is 0 Å². The fourth-order valence-electron chi connectivity index (χ4n) is 6.82. The zero-order valence-corrected chi connectivity index (χ0v) is 28.1. The van der Waals surface area contributed by atoms with Crippen molar-refractivity contribution in [1.82, 2.24) is 15.0 Å². The molecular formula is C47H35N3. The van der Waals surface area contributed by atoms with Crippen molar-refractivity contribution in [3.05, 3.63) is 176 Å².